The first-order valence-electron chi connectivity index (χ1n) is 8.14. The van der Waals surface area contributed by atoms with Gasteiger partial charge in [0.15, 0.2) is 11.5 Å². The van der Waals surface area contributed by atoms with E-state index in [1.54, 1.807) is 31.6 Å². The number of ether oxygens (including phenoxy) is 2. The van der Waals surface area contributed by atoms with Crippen LogP contribution in [0, 0.1) is 0 Å². The van der Waals surface area contributed by atoms with E-state index in [2.05, 4.69) is 5.32 Å². The van der Waals surface area contributed by atoms with Crippen LogP contribution >= 0.6 is 0 Å². The van der Waals surface area contributed by atoms with Crippen molar-refractivity contribution in [3.63, 3.8) is 0 Å². The van der Waals surface area contributed by atoms with Gasteiger partial charge in [0, 0.05) is 12.6 Å². The van der Waals surface area contributed by atoms with Crippen molar-refractivity contribution < 1.29 is 18.7 Å². The zero-order valence-electron chi connectivity index (χ0n) is 14.3. The summed E-state index contributed by atoms with van der Waals surface area (Å²) >= 11 is 0. The van der Waals surface area contributed by atoms with Gasteiger partial charge in [0.25, 0.3) is 0 Å². The van der Waals surface area contributed by atoms with Crippen molar-refractivity contribution in [3.8, 4) is 17.2 Å². The Morgan fingerprint density at radius 2 is 1.81 bits per heavy atom. The Balaban J connectivity index is 1.53. The number of carbonyl (C=O) groups is 1. The Labute approximate surface area is 151 Å². The monoisotopic (exact) mass is 349 g/mol. The number of benzene rings is 2. The standard InChI is InChI=1S/C21H19NO4/c1-24-19-6-2-3-7-20(19)26-18-10-8-16(9-11-18)15-22-21(23)13-12-17-5-4-14-25-17/h2-14H,15H2,1H3,(H,22,23)/b13-12+. The van der Waals surface area contributed by atoms with Crippen LogP contribution in [0.15, 0.2) is 77.4 Å². The lowest BCUT2D eigenvalue weighted by molar-refractivity contribution is -0.116. The van der Waals surface area contributed by atoms with Crippen molar-refractivity contribution >= 4 is 12.0 Å². The largest absolute Gasteiger partial charge is 0.493 e. The van der Waals surface area contributed by atoms with Gasteiger partial charge >= 0.3 is 0 Å². The SMILES string of the molecule is COc1ccccc1Oc1ccc(CNC(=O)/C=C/c2ccco2)cc1. The Bertz CT molecular complexity index is 867. The van der Waals surface area contributed by atoms with Gasteiger partial charge in [-0.15, -0.1) is 0 Å². The molecule has 0 aliphatic heterocycles. The van der Waals surface area contributed by atoms with Crippen LogP contribution in [-0.4, -0.2) is 13.0 Å². The number of carbonyl (C=O) groups excluding carboxylic acids is 1. The summed E-state index contributed by atoms with van der Waals surface area (Å²) in [5, 5.41) is 2.82. The summed E-state index contributed by atoms with van der Waals surface area (Å²) in [5.74, 6) is 2.47. The van der Waals surface area contributed by atoms with E-state index in [1.807, 2.05) is 48.5 Å². The number of nitrogens with one attached hydrogen (secondary N) is 1. The second-order valence-electron chi connectivity index (χ2n) is 5.46. The highest BCUT2D eigenvalue weighted by Crippen LogP contribution is 2.30. The third-order valence-corrected chi connectivity index (χ3v) is 3.63. The van der Waals surface area contributed by atoms with Gasteiger partial charge in [-0.05, 0) is 48.0 Å². The molecule has 0 fully saturated rings. The highest BCUT2D eigenvalue weighted by Gasteiger charge is 2.04. The topological polar surface area (TPSA) is 60.7 Å². The van der Waals surface area contributed by atoms with Crippen LogP contribution in [0.4, 0.5) is 0 Å². The molecule has 1 amide bonds. The quantitative estimate of drug-likeness (QED) is 0.642. The number of hydrogen-bond donors (Lipinski definition) is 1. The molecule has 1 aromatic heterocycles. The van der Waals surface area contributed by atoms with Gasteiger partial charge in [0.05, 0.1) is 13.4 Å². The van der Waals surface area contributed by atoms with Gasteiger partial charge in [-0.2, -0.15) is 0 Å². The smallest absolute Gasteiger partial charge is 0.244 e. The number of furan rings is 1. The minimum absolute atomic E-state index is 0.184. The molecule has 3 rings (SSSR count). The van der Waals surface area contributed by atoms with Crippen LogP contribution in [0.3, 0.4) is 0 Å². The summed E-state index contributed by atoms with van der Waals surface area (Å²) in [7, 11) is 1.61. The van der Waals surface area contributed by atoms with Crippen molar-refractivity contribution in [3.05, 3.63) is 84.3 Å². The van der Waals surface area contributed by atoms with Crippen molar-refractivity contribution in [2.45, 2.75) is 6.54 Å². The molecule has 5 nitrogen and oxygen atoms in total. The molecule has 26 heavy (non-hydrogen) atoms. The Hall–Kier alpha value is -3.47. The molecule has 132 valence electrons. The molecular weight excluding hydrogens is 330 g/mol. The molecule has 0 bridgehead atoms. The molecule has 0 aliphatic carbocycles. The maximum atomic E-state index is 11.8. The molecule has 3 aromatic rings. The number of hydrogen-bond acceptors (Lipinski definition) is 4. The lowest BCUT2D eigenvalue weighted by Gasteiger charge is -2.10. The van der Waals surface area contributed by atoms with Crippen LogP contribution in [0.5, 0.6) is 17.2 Å². The summed E-state index contributed by atoms with van der Waals surface area (Å²) in [6.07, 6.45) is 4.63. The molecule has 1 heterocycles. The summed E-state index contributed by atoms with van der Waals surface area (Å²) in [4.78, 5) is 11.8. The zero-order chi connectivity index (χ0) is 18.2. The van der Waals surface area contributed by atoms with E-state index in [1.165, 1.54) is 6.08 Å². The van der Waals surface area contributed by atoms with Gasteiger partial charge < -0.3 is 19.2 Å². The van der Waals surface area contributed by atoms with Crippen LogP contribution < -0.4 is 14.8 Å². The lowest BCUT2D eigenvalue weighted by atomic mass is 10.2. The van der Waals surface area contributed by atoms with E-state index in [-0.39, 0.29) is 5.91 Å². The predicted octanol–water partition coefficient (Wildman–Crippen LogP) is 4.41. The average molecular weight is 349 g/mol. The molecule has 0 spiro atoms. The van der Waals surface area contributed by atoms with Gasteiger partial charge in [-0.25, -0.2) is 0 Å². The molecule has 5 heteroatoms. The third kappa shape index (κ3) is 4.77. The van der Waals surface area contributed by atoms with Gasteiger partial charge in [-0.3, -0.25) is 4.79 Å². The first kappa shape index (κ1) is 17.4. The van der Waals surface area contributed by atoms with Gasteiger partial charge in [0.1, 0.15) is 11.5 Å². The van der Waals surface area contributed by atoms with Crippen molar-refractivity contribution in [1.82, 2.24) is 5.32 Å². The molecule has 0 aliphatic rings. The van der Waals surface area contributed by atoms with E-state index in [0.29, 0.717) is 29.6 Å². The maximum absolute atomic E-state index is 11.8. The van der Waals surface area contributed by atoms with Crippen molar-refractivity contribution in [2.75, 3.05) is 7.11 Å². The van der Waals surface area contributed by atoms with Crippen LogP contribution in [0.2, 0.25) is 0 Å². The molecule has 2 aromatic carbocycles. The van der Waals surface area contributed by atoms with E-state index in [0.717, 1.165) is 5.56 Å². The van der Waals surface area contributed by atoms with Gasteiger partial charge in [-0.1, -0.05) is 24.3 Å². The molecule has 1 N–H and O–H groups in total. The zero-order valence-corrected chi connectivity index (χ0v) is 14.3. The first-order valence-corrected chi connectivity index (χ1v) is 8.14. The van der Waals surface area contributed by atoms with E-state index >= 15 is 0 Å². The van der Waals surface area contributed by atoms with Crippen LogP contribution in [0.25, 0.3) is 6.08 Å². The first-order chi connectivity index (χ1) is 12.7. The number of amides is 1. The highest BCUT2D eigenvalue weighted by molar-refractivity contribution is 5.91. The summed E-state index contributed by atoms with van der Waals surface area (Å²) in [6.45, 7) is 0.427. The lowest BCUT2D eigenvalue weighted by Crippen LogP contribution is -2.20. The Kier molecular flexibility index (Phi) is 5.72. The van der Waals surface area contributed by atoms with Crippen LogP contribution in [0.1, 0.15) is 11.3 Å². The maximum Gasteiger partial charge on any atom is 0.244 e. The molecule has 0 radical (unpaired) electrons. The molecule has 0 unspecified atom stereocenters. The highest BCUT2D eigenvalue weighted by atomic mass is 16.5. The summed E-state index contributed by atoms with van der Waals surface area (Å²) in [6, 6.07) is 18.5. The predicted molar refractivity (Wildman–Crippen MR) is 99.1 cm³/mol. The molecule has 0 saturated heterocycles. The Morgan fingerprint density at radius 1 is 1.04 bits per heavy atom. The fourth-order valence-corrected chi connectivity index (χ4v) is 2.30. The molecule has 0 atom stereocenters. The Morgan fingerprint density at radius 3 is 2.50 bits per heavy atom. The summed E-state index contributed by atoms with van der Waals surface area (Å²) < 4.78 is 16.2. The second kappa shape index (κ2) is 8.58. The van der Waals surface area contributed by atoms with E-state index < -0.39 is 0 Å². The minimum atomic E-state index is -0.184. The number of para-hydroxylation sites is 2. The third-order valence-electron chi connectivity index (χ3n) is 3.63. The van der Waals surface area contributed by atoms with E-state index in [9.17, 15) is 4.79 Å². The van der Waals surface area contributed by atoms with Gasteiger partial charge in [0.2, 0.25) is 5.91 Å². The average Bonchev–Trinajstić information content (AvgIpc) is 3.20. The molecule has 0 saturated carbocycles. The fourth-order valence-electron chi connectivity index (χ4n) is 2.30. The summed E-state index contributed by atoms with van der Waals surface area (Å²) in [5.41, 5.74) is 0.970. The number of methoxy groups -OCH3 is 1. The second-order valence-corrected chi connectivity index (χ2v) is 5.46. The van der Waals surface area contributed by atoms with Crippen LogP contribution in [-0.2, 0) is 11.3 Å². The van der Waals surface area contributed by atoms with E-state index in [4.69, 9.17) is 13.9 Å². The van der Waals surface area contributed by atoms with Crippen molar-refractivity contribution in [1.29, 1.82) is 0 Å². The van der Waals surface area contributed by atoms with Crippen molar-refractivity contribution in [2.24, 2.45) is 0 Å². The fraction of sp³-hybridized carbons (Fsp3) is 0.0952. The normalized spacial score (nSPS) is 10.7. The molecular formula is C21H19NO4. The number of rotatable bonds is 7. The minimum Gasteiger partial charge on any atom is -0.493 e.